The molecule has 1 aliphatic rings. The number of hydrogen-bond donors (Lipinski definition) is 0. The molecule has 0 saturated heterocycles. The first-order valence-electron chi connectivity index (χ1n) is 8.38. The minimum Gasteiger partial charge on any atom is -0.497 e. The Kier molecular flexibility index (Phi) is 5.12. The first kappa shape index (κ1) is 15.8. The Bertz CT molecular complexity index is 666. The van der Waals surface area contributed by atoms with E-state index in [9.17, 15) is 4.39 Å². The van der Waals surface area contributed by atoms with Crippen molar-refractivity contribution in [2.24, 2.45) is 5.92 Å². The van der Waals surface area contributed by atoms with Crippen molar-refractivity contribution in [1.82, 2.24) is 0 Å². The Morgan fingerprint density at radius 3 is 2.35 bits per heavy atom. The van der Waals surface area contributed by atoms with Crippen molar-refractivity contribution in [3.63, 3.8) is 0 Å². The molecule has 0 aromatic heterocycles. The fourth-order valence-corrected chi connectivity index (χ4v) is 3.39. The summed E-state index contributed by atoms with van der Waals surface area (Å²) in [7, 11) is 1.67. The van der Waals surface area contributed by atoms with Gasteiger partial charge in [0, 0.05) is 5.56 Å². The van der Waals surface area contributed by atoms with Gasteiger partial charge in [-0.2, -0.15) is 0 Å². The molecule has 120 valence electrons. The van der Waals surface area contributed by atoms with Crippen molar-refractivity contribution < 1.29 is 9.13 Å². The minimum atomic E-state index is -0.158. The van der Waals surface area contributed by atoms with Crippen molar-refractivity contribution in [2.75, 3.05) is 7.11 Å². The Morgan fingerprint density at radius 2 is 1.70 bits per heavy atom. The standard InChI is InChI=1S/C21H23FO/c1-23-19-13-11-17(12-14-19)20(16-7-3-2-4-8-16)15-18-9-5-6-10-21(18)22/h5-6,9-16H,2-4,7-8H2,1H3/b20-15+. The molecule has 2 aromatic rings. The third-order valence-electron chi connectivity index (χ3n) is 4.68. The monoisotopic (exact) mass is 310 g/mol. The van der Waals surface area contributed by atoms with Gasteiger partial charge in [-0.3, -0.25) is 0 Å². The van der Waals surface area contributed by atoms with Gasteiger partial charge in [0.1, 0.15) is 11.6 Å². The molecule has 1 aliphatic carbocycles. The maximum atomic E-state index is 14.1. The van der Waals surface area contributed by atoms with Crippen molar-refractivity contribution in [1.29, 1.82) is 0 Å². The Balaban J connectivity index is 2.00. The number of hydrogen-bond acceptors (Lipinski definition) is 1. The molecule has 1 nitrogen and oxygen atoms in total. The van der Waals surface area contributed by atoms with Crippen LogP contribution in [-0.4, -0.2) is 7.11 Å². The van der Waals surface area contributed by atoms with E-state index in [1.807, 2.05) is 30.3 Å². The molecular formula is C21H23FO. The summed E-state index contributed by atoms with van der Waals surface area (Å²) in [6, 6.07) is 15.1. The van der Waals surface area contributed by atoms with Crippen LogP contribution < -0.4 is 4.74 Å². The summed E-state index contributed by atoms with van der Waals surface area (Å²) in [5.41, 5.74) is 3.09. The lowest BCUT2D eigenvalue weighted by Gasteiger charge is -2.25. The van der Waals surface area contributed by atoms with E-state index in [1.165, 1.54) is 49.3 Å². The number of allylic oxidation sites excluding steroid dienone is 1. The first-order chi connectivity index (χ1) is 11.3. The van der Waals surface area contributed by atoms with Gasteiger partial charge in [-0.15, -0.1) is 0 Å². The zero-order valence-electron chi connectivity index (χ0n) is 13.6. The number of methoxy groups -OCH3 is 1. The molecule has 0 heterocycles. The van der Waals surface area contributed by atoms with Crippen molar-refractivity contribution in [3.8, 4) is 5.75 Å². The van der Waals surface area contributed by atoms with Crippen molar-refractivity contribution in [3.05, 3.63) is 65.5 Å². The van der Waals surface area contributed by atoms with E-state index in [1.54, 1.807) is 13.2 Å². The summed E-state index contributed by atoms with van der Waals surface area (Å²) in [4.78, 5) is 0. The van der Waals surface area contributed by atoms with E-state index in [4.69, 9.17) is 4.74 Å². The summed E-state index contributed by atoms with van der Waals surface area (Å²) >= 11 is 0. The van der Waals surface area contributed by atoms with Crippen LogP contribution in [0.2, 0.25) is 0 Å². The first-order valence-corrected chi connectivity index (χ1v) is 8.38. The summed E-state index contributed by atoms with van der Waals surface area (Å²) in [5, 5.41) is 0. The average Bonchev–Trinajstić information content (AvgIpc) is 2.62. The van der Waals surface area contributed by atoms with E-state index < -0.39 is 0 Å². The normalized spacial score (nSPS) is 16.3. The van der Waals surface area contributed by atoms with Crippen LogP contribution in [0.15, 0.2) is 48.5 Å². The third-order valence-corrected chi connectivity index (χ3v) is 4.68. The quantitative estimate of drug-likeness (QED) is 0.633. The van der Waals surface area contributed by atoms with Crippen LogP contribution in [0.1, 0.15) is 43.2 Å². The molecule has 0 amide bonds. The molecule has 0 aliphatic heterocycles. The Labute approximate surface area is 137 Å². The highest BCUT2D eigenvalue weighted by molar-refractivity contribution is 5.83. The van der Waals surface area contributed by atoms with Gasteiger partial charge in [-0.1, -0.05) is 49.6 Å². The maximum absolute atomic E-state index is 14.1. The molecule has 0 spiro atoms. The smallest absolute Gasteiger partial charge is 0.130 e. The van der Waals surface area contributed by atoms with Gasteiger partial charge >= 0.3 is 0 Å². The highest BCUT2D eigenvalue weighted by atomic mass is 19.1. The van der Waals surface area contributed by atoms with Crippen LogP contribution in [0.4, 0.5) is 4.39 Å². The molecule has 23 heavy (non-hydrogen) atoms. The largest absolute Gasteiger partial charge is 0.497 e. The lowest BCUT2D eigenvalue weighted by Crippen LogP contribution is -2.08. The molecule has 1 saturated carbocycles. The number of benzene rings is 2. The zero-order valence-corrected chi connectivity index (χ0v) is 13.6. The second-order valence-corrected chi connectivity index (χ2v) is 6.18. The van der Waals surface area contributed by atoms with Gasteiger partial charge in [0.2, 0.25) is 0 Å². The summed E-state index contributed by atoms with van der Waals surface area (Å²) < 4.78 is 19.3. The highest BCUT2D eigenvalue weighted by Crippen LogP contribution is 2.37. The maximum Gasteiger partial charge on any atom is 0.130 e. The van der Waals surface area contributed by atoms with Crippen molar-refractivity contribution >= 4 is 11.6 Å². The van der Waals surface area contributed by atoms with E-state index in [-0.39, 0.29) is 5.82 Å². The van der Waals surface area contributed by atoms with Crippen LogP contribution >= 0.6 is 0 Å². The van der Waals surface area contributed by atoms with Crippen LogP contribution in [0, 0.1) is 11.7 Å². The summed E-state index contributed by atoms with van der Waals surface area (Å²) in [6.45, 7) is 0. The lowest BCUT2D eigenvalue weighted by molar-refractivity contribution is 0.414. The van der Waals surface area contributed by atoms with Gasteiger partial charge in [-0.05, 0) is 54.2 Å². The number of halogens is 1. The minimum absolute atomic E-state index is 0.158. The van der Waals surface area contributed by atoms with Crippen molar-refractivity contribution in [2.45, 2.75) is 32.1 Å². The highest BCUT2D eigenvalue weighted by Gasteiger charge is 2.19. The lowest BCUT2D eigenvalue weighted by atomic mass is 9.80. The molecule has 3 rings (SSSR count). The molecule has 0 bridgehead atoms. The third kappa shape index (κ3) is 3.82. The molecule has 0 N–H and O–H groups in total. The molecule has 1 fully saturated rings. The SMILES string of the molecule is COc1ccc(/C(=C/c2ccccc2F)C2CCCCC2)cc1. The second-order valence-electron chi connectivity index (χ2n) is 6.18. The number of ether oxygens (including phenoxy) is 1. The van der Waals surface area contributed by atoms with E-state index >= 15 is 0 Å². The average molecular weight is 310 g/mol. The Hall–Kier alpha value is -2.09. The van der Waals surface area contributed by atoms with Crippen LogP contribution in [0.3, 0.4) is 0 Å². The zero-order chi connectivity index (χ0) is 16.1. The van der Waals surface area contributed by atoms with E-state index in [2.05, 4.69) is 12.1 Å². The second kappa shape index (κ2) is 7.45. The van der Waals surface area contributed by atoms with Gasteiger partial charge in [0.15, 0.2) is 0 Å². The molecule has 0 radical (unpaired) electrons. The predicted molar refractivity (Wildman–Crippen MR) is 93.8 cm³/mol. The van der Waals surface area contributed by atoms with Gasteiger partial charge in [0.05, 0.1) is 7.11 Å². The molecule has 0 unspecified atom stereocenters. The van der Waals surface area contributed by atoms with Gasteiger partial charge < -0.3 is 4.74 Å². The molecule has 2 aromatic carbocycles. The van der Waals surface area contributed by atoms with Crippen LogP contribution in [0.25, 0.3) is 11.6 Å². The fourth-order valence-electron chi connectivity index (χ4n) is 3.39. The Morgan fingerprint density at radius 1 is 1.00 bits per heavy atom. The summed E-state index contributed by atoms with van der Waals surface area (Å²) in [6.07, 6.45) is 8.24. The predicted octanol–water partition coefficient (Wildman–Crippen LogP) is 5.96. The van der Waals surface area contributed by atoms with Crippen LogP contribution in [-0.2, 0) is 0 Å². The fraction of sp³-hybridized carbons (Fsp3) is 0.333. The van der Waals surface area contributed by atoms with Gasteiger partial charge in [-0.25, -0.2) is 4.39 Å². The van der Waals surface area contributed by atoms with Gasteiger partial charge in [0.25, 0.3) is 0 Å². The topological polar surface area (TPSA) is 9.23 Å². The molecule has 2 heteroatoms. The van der Waals surface area contributed by atoms with E-state index in [0.29, 0.717) is 11.5 Å². The van der Waals surface area contributed by atoms with Crippen LogP contribution in [0.5, 0.6) is 5.75 Å². The molecule has 0 atom stereocenters. The molecular weight excluding hydrogens is 287 g/mol. The van der Waals surface area contributed by atoms with E-state index in [0.717, 1.165) is 5.75 Å². The number of rotatable bonds is 4. The summed E-state index contributed by atoms with van der Waals surface area (Å²) in [5.74, 6) is 1.20.